The maximum Gasteiger partial charge on any atom is 0.347 e. The molecule has 1 unspecified atom stereocenters. The summed E-state index contributed by atoms with van der Waals surface area (Å²) >= 11 is 1.57. The SMILES string of the molecule is Cc1cc(CNC(Cc2nc(-c3ccccc3)no2)c2nccs2)cc(C)c1OC(C)(C)C(=O)O. The van der Waals surface area contributed by atoms with Gasteiger partial charge in [-0.15, -0.1) is 11.3 Å². The minimum Gasteiger partial charge on any atom is -0.478 e. The number of nitrogens with one attached hydrogen (secondary N) is 1. The Morgan fingerprint density at radius 3 is 2.54 bits per heavy atom. The van der Waals surface area contributed by atoms with Crippen LogP contribution in [-0.4, -0.2) is 31.8 Å². The number of carbonyl (C=O) groups is 1. The van der Waals surface area contributed by atoms with Crippen LogP contribution in [0.1, 0.15) is 47.5 Å². The van der Waals surface area contributed by atoms with Gasteiger partial charge < -0.3 is 19.7 Å². The molecule has 8 nitrogen and oxygen atoms in total. The van der Waals surface area contributed by atoms with Crippen LogP contribution >= 0.6 is 11.3 Å². The van der Waals surface area contributed by atoms with E-state index in [0.717, 1.165) is 27.3 Å². The van der Waals surface area contributed by atoms with Gasteiger partial charge in [0, 0.05) is 30.1 Å². The first kappa shape index (κ1) is 24.6. The maximum absolute atomic E-state index is 11.5. The average molecular weight is 493 g/mol. The first-order valence-electron chi connectivity index (χ1n) is 11.3. The molecule has 0 bridgehead atoms. The molecule has 2 aromatic heterocycles. The van der Waals surface area contributed by atoms with Gasteiger partial charge in [0.05, 0.1) is 6.04 Å². The first-order valence-corrected chi connectivity index (χ1v) is 12.1. The number of hydrogen-bond acceptors (Lipinski definition) is 8. The third-order valence-corrected chi connectivity index (χ3v) is 6.46. The summed E-state index contributed by atoms with van der Waals surface area (Å²) in [6, 6.07) is 13.6. The van der Waals surface area contributed by atoms with Gasteiger partial charge in [0.2, 0.25) is 11.7 Å². The van der Waals surface area contributed by atoms with E-state index in [1.165, 1.54) is 0 Å². The molecule has 1 atom stereocenters. The minimum absolute atomic E-state index is 0.110. The van der Waals surface area contributed by atoms with Crippen molar-refractivity contribution in [3.05, 3.63) is 81.6 Å². The molecule has 0 aliphatic carbocycles. The maximum atomic E-state index is 11.5. The molecule has 0 aliphatic heterocycles. The number of hydrogen-bond donors (Lipinski definition) is 2. The molecule has 0 aliphatic rings. The van der Waals surface area contributed by atoms with Gasteiger partial charge in [-0.3, -0.25) is 0 Å². The van der Waals surface area contributed by atoms with Crippen molar-refractivity contribution in [2.24, 2.45) is 0 Å². The molecule has 2 N–H and O–H groups in total. The van der Waals surface area contributed by atoms with E-state index >= 15 is 0 Å². The van der Waals surface area contributed by atoms with Crippen molar-refractivity contribution in [2.45, 2.75) is 52.3 Å². The molecule has 182 valence electrons. The fourth-order valence-electron chi connectivity index (χ4n) is 3.71. The topological polar surface area (TPSA) is 110 Å². The smallest absolute Gasteiger partial charge is 0.347 e. The van der Waals surface area contributed by atoms with E-state index < -0.39 is 11.6 Å². The molecule has 0 spiro atoms. The molecular formula is C26H28N4O4S. The first-order chi connectivity index (χ1) is 16.7. The number of carboxylic acid groups (broad SMARTS) is 1. The second kappa shape index (κ2) is 10.4. The van der Waals surface area contributed by atoms with Crippen molar-refractivity contribution in [3.8, 4) is 17.1 Å². The molecule has 4 rings (SSSR count). The Morgan fingerprint density at radius 1 is 1.20 bits per heavy atom. The molecule has 9 heteroatoms. The predicted octanol–water partition coefficient (Wildman–Crippen LogP) is 5.13. The van der Waals surface area contributed by atoms with Crippen LogP contribution in [0.3, 0.4) is 0 Å². The highest BCUT2D eigenvalue weighted by Gasteiger charge is 2.30. The minimum atomic E-state index is -1.31. The second-order valence-electron chi connectivity index (χ2n) is 8.86. The van der Waals surface area contributed by atoms with E-state index in [4.69, 9.17) is 9.26 Å². The number of rotatable bonds is 10. The molecular weight excluding hydrogens is 464 g/mol. The predicted molar refractivity (Wildman–Crippen MR) is 133 cm³/mol. The van der Waals surface area contributed by atoms with Gasteiger partial charge in [-0.2, -0.15) is 4.98 Å². The monoisotopic (exact) mass is 492 g/mol. The van der Waals surface area contributed by atoms with E-state index in [0.29, 0.717) is 30.4 Å². The van der Waals surface area contributed by atoms with E-state index in [-0.39, 0.29) is 6.04 Å². The normalized spacial score (nSPS) is 12.5. The summed E-state index contributed by atoms with van der Waals surface area (Å²) in [7, 11) is 0. The second-order valence-corrected chi connectivity index (χ2v) is 9.79. The van der Waals surface area contributed by atoms with Gasteiger partial charge >= 0.3 is 5.97 Å². The van der Waals surface area contributed by atoms with Crippen LogP contribution in [0.25, 0.3) is 11.4 Å². The van der Waals surface area contributed by atoms with E-state index in [2.05, 4.69) is 20.4 Å². The summed E-state index contributed by atoms with van der Waals surface area (Å²) in [5.74, 6) is 0.676. The Bertz CT molecular complexity index is 1260. The third kappa shape index (κ3) is 5.93. The average Bonchev–Trinajstić information content (AvgIpc) is 3.52. The zero-order valence-electron chi connectivity index (χ0n) is 20.1. The van der Waals surface area contributed by atoms with E-state index in [9.17, 15) is 9.90 Å². The zero-order chi connectivity index (χ0) is 25.0. The summed E-state index contributed by atoms with van der Waals surface area (Å²) in [5, 5.41) is 20.0. The van der Waals surface area contributed by atoms with Crippen molar-refractivity contribution in [1.29, 1.82) is 0 Å². The molecule has 0 fully saturated rings. The van der Waals surface area contributed by atoms with Crippen LogP contribution in [0.15, 0.2) is 58.6 Å². The fraction of sp³-hybridized carbons (Fsp3) is 0.308. The number of ether oxygens (including phenoxy) is 1. The van der Waals surface area contributed by atoms with Crippen molar-refractivity contribution < 1.29 is 19.2 Å². The number of aryl methyl sites for hydroxylation is 2. The van der Waals surface area contributed by atoms with Crippen LogP contribution in [-0.2, 0) is 17.8 Å². The summed E-state index contributed by atoms with van der Waals surface area (Å²) < 4.78 is 11.4. The Morgan fingerprint density at radius 2 is 1.91 bits per heavy atom. The standard InChI is InChI=1S/C26H28N4O4S/c1-16-12-18(13-17(2)22(16)33-26(3,4)25(31)32)15-28-20(24-27-10-11-35-24)14-21-29-23(30-34-21)19-8-6-5-7-9-19/h5-13,20,28H,14-15H2,1-4H3,(H,31,32). The molecule has 0 saturated heterocycles. The lowest BCUT2D eigenvalue weighted by atomic mass is 10.0. The highest BCUT2D eigenvalue weighted by Crippen LogP contribution is 2.29. The number of thiazole rings is 1. The largest absolute Gasteiger partial charge is 0.478 e. The van der Waals surface area contributed by atoms with E-state index in [1.807, 2.05) is 61.7 Å². The van der Waals surface area contributed by atoms with Crippen LogP contribution in [0.2, 0.25) is 0 Å². The Balaban J connectivity index is 1.49. The summed E-state index contributed by atoms with van der Waals surface area (Å²) in [5.41, 5.74) is 2.41. The van der Waals surface area contributed by atoms with Crippen molar-refractivity contribution >= 4 is 17.3 Å². The van der Waals surface area contributed by atoms with Crippen molar-refractivity contribution in [1.82, 2.24) is 20.4 Å². The fourth-order valence-corrected chi connectivity index (χ4v) is 4.43. The number of benzene rings is 2. The van der Waals surface area contributed by atoms with Gasteiger partial charge in [0.15, 0.2) is 5.60 Å². The molecule has 2 aromatic carbocycles. The molecule has 0 amide bonds. The van der Waals surface area contributed by atoms with Crippen LogP contribution in [0, 0.1) is 13.8 Å². The van der Waals surface area contributed by atoms with Crippen LogP contribution in [0.4, 0.5) is 0 Å². The summed E-state index contributed by atoms with van der Waals surface area (Å²) in [6.45, 7) is 7.51. The highest BCUT2D eigenvalue weighted by molar-refractivity contribution is 7.09. The quantitative estimate of drug-likeness (QED) is 0.314. The molecule has 0 saturated carbocycles. The lowest BCUT2D eigenvalue weighted by Crippen LogP contribution is -2.38. The summed E-state index contributed by atoms with van der Waals surface area (Å²) in [4.78, 5) is 20.5. The van der Waals surface area contributed by atoms with Gasteiger partial charge in [0.1, 0.15) is 10.8 Å². The lowest BCUT2D eigenvalue weighted by Gasteiger charge is -2.25. The molecule has 0 radical (unpaired) electrons. The van der Waals surface area contributed by atoms with E-state index in [1.54, 1.807) is 31.4 Å². The lowest BCUT2D eigenvalue weighted by molar-refractivity contribution is -0.152. The molecule has 4 aromatic rings. The number of aromatic nitrogens is 3. The number of nitrogens with zero attached hydrogens (tertiary/aromatic N) is 3. The van der Waals surface area contributed by atoms with Gasteiger partial charge in [-0.05, 0) is 44.4 Å². The van der Waals surface area contributed by atoms with Crippen LogP contribution in [0.5, 0.6) is 5.75 Å². The Labute approximate surface area is 208 Å². The van der Waals surface area contributed by atoms with Crippen molar-refractivity contribution in [3.63, 3.8) is 0 Å². The molecule has 35 heavy (non-hydrogen) atoms. The third-order valence-electron chi connectivity index (χ3n) is 5.57. The van der Waals surface area contributed by atoms with Gasteiger partial charge in [-0.1, -0.05) is 47.6 Å². The molecule has 2 heterocycles. The number of aliphatic carboxylic acids is 1. The van der Waals surface area contributed by atoms with Crippen molar-refractivity contribution in [2.75, 3.05) is 0 Å². The highest BCUT2D eigenvalue weighted by atomic mass is 32.1. The zero-order valence-corrected chi connectivity index (χ0v) is 20.9. The number of carboxylic acids is 1. The van der Waals surface area contributed by atoms with Gasteiger partial charge in [0.25, 0.3) is 0 Å². The van der Waals surface area contributed by atoms with Crippen LogP contribution < -0.4 is 10.1 Å². The summed E-state index contributed by atoms with van der Waals surface area (Å²) in [6.07, 6.45) is 2.28. The Kier molecular flexibility index (Phi) is 7.28. The van der Waals surface area contributed by atoms with Gasteiger partial charge in [-0.25, -0.2) is 9.78 Å². The Hall–Kier alpha value is -3.56.